The first-order valence-corrected chi connectivity index (χ1v) is 14.6. The lowest BCUT2D eigenvalue weighted by molar-refractivity contribution is -0.124. The number of aliphatic hydroxyl groups excluding tert-OH is 5. The van der Waals surface area contributed by atoms with E-state index in [0.717, 1.165) is 12.8 Å². The van der Waals surface area contributed by atoms with Crippen LogP contribution in [0.1, 0.15) is 114 Å². The minimum Gasteiger partial charge on any atom is -0.494 e. The number of hydrogen-bond acceptors (Lipinski definition) is 8. The molecule has 0 amide bonds. The van der Waals surface area contributed by atoms with Crippen molar-refractivity contribution in [2.24, 2.45) is 0 Å². The van der Waals surface area contributed by atoms with Gasteiger partial charge in [-0.1, -0.05) is 96.8 Å². The van der Waals surface area contributed by atoms with Gasteiger partial charge < -0.3 is 35.0 Å². The fourth-order valence-electron chi connectivity index (χ4n) is 4.26. The van der Waals surface area contributed by atoms with E-state index in [4.69, 9.17) is 14.6 Å². The van der Waals surface area contributed by atoms with Crippen molar-refractivity contribution in [1.29, 1.82) is 0 Å². The highest BCUT2D eigenvalue weighted by molar-refractivity contribution is 5.89. The molecule has 0 heterocycles. The molecule has 0 unspecified atom stereocenters. The Balaban J connectivity index is 2.06. The second kappa shape index (κ2) is 22.1. The zero-order valence-corrected chi connectivity index (χ0v) is 23.3. The van der Waals surface area contributed by atoms with Crippen LogP contribution in [0.5, 0.6) is 5.75 Å². The maximum atomic E-state index is 12.2. The Morgan fingerprint density at radius 2 is 1.13 bits per heavy atom. The Morgan fingerprint density at radius 1 is 0.684 bits per heavy atom. The highest BCUT2D eigenvalue weighted by Gasteiger charge is 2.30. The van der Waals surface area contributed by atoms with Gasteiger partial charge in [0.05, 0.1) is 18.8 Å². The Kier molecular flexibility index (Phi) is 20.0. The third-order valence-electron chi connectivity index (χ3n) is 6.82. The van der Waals surface area contributed by atoms with Crippen molar-refractivity contribution < 1.29 is 39.8 Å². The van der Waals surface area contributed by atoms with Crippen molar-refractivity contribution in [1.82, 2.24) is 0 Å². The number of carbonyl (C=O) groups is 1. The smallest absolute Gasteiger partial charge is 0.338 e. The van der Waals surface area contributed by atoms with Crippen LogP contribution in [0.2, 0.25) is 0 Å². The zero-order chi connectivity index (χ0) is 28.0. The Morgan fingerprint density at radius 3 is 1.61 bits per heavy atom. The van der Waals surface area contributed by atoms with Crippen LogP contribution in [0, 0.1) is 0 Å². The van der Waals surface area contributed by atoms with Crippen LogP contribution in [0.4, 0.5) is 0 Å². The largest absolute Gasteiger partial charge is 0.494 e. The molecule has 0 aliphatic carbocycles. The van der Waals surface area contributed by atoms with Gasteiger partial charge in [-0.25, -0.2) is 4.79 Å². The quantitative estimate of drug-likeness (QED) is 0.0953. The highest BCUT2D eigenvalue weighted by atomic mass is 16.5. The minimum absolute atomic E-state index is 0.252. The number of rotatable bonds is 24. The van der Waals surface area contributed by atoms with E-state index in [1.807, 2.05) is 0 Å². The van der Waals surface area contributed by atoms with Crippen molar-refractivity contribution in [3.05, 3.63) is 29.8 Å². The number of unbranched alkanes of at least 4 members (excludes halogenated alkanes) is 14. The lowest BCUT2D eigenvalue weighted by atomic mass is 10.0. The number of ether oxygens (including phenoxy) is 2. The topological polar surface area (TPSA) is 137 Å². The molecule has 0 aromatic heterocycles. The molecule has 38 heavy (non-hydrogen) atoms. The molecule has 8 heteroatoms. The summed E-state index contributed by atoms with van der Waals surface area (Å²) >= 11 is 0. The molecule has 1 aromatic rings. The molecule has 4 atom stereocenters. The summed E-state index contributed by atoms with van der Waals surface area (Å²) in [6, 6.07) is 6.46. The second-order valence-corrected chi connectivity index (χ2v) is 10.2. The molecule has 0 radical (unpaired) electrons. The fraction of sp³-hybridized carbons (Fsp3) is 0.767. The van der Waals surface area contributed by atoms with Crippen molar-refractivity contribution in [2.45, 2.75) is 128 Å². The summed E-state index contributed by atoms with van der Waals surface area (Å²) in [5.74, 6) is -0.0501. The van der Waals surface area contributed by atoms with Gasteiger partial charge in [-0.05, 0) is 30.7 Å². The summed E-state index contributed by atoms with van der Waals surface area (Å²) in [4.78, 5) is 12.2. The summed E-state index contributed by atoms with van der Waals surface area (Å²) in [7, 11) is 0. The molecule has 0 aliphatic heterocycles. The summed E-state index contributed by atoms with van der Waals surface area (Å²) < 4.78 is 10.7. The SMILES string of the molecule is CCCCCCCCCCCCCCCCCOc1ccc(C(=O)OC[C@@H](O)[C@@H](O)[C@H](O)[C@@H](O)CO)cc1. The van der Waals surface area contributed by atoms with Crippen LogP contribution in [-0.4, -0.2) is 75.7 Å². The minimum atomic E-state index is -1.78. The van der Waals surface area contributed by atoms with E-state index in [-0.39, 0.29) is 5.56 Å². The molecule has 0 spiro atoms. The van der Waals surface area contributed by atoms with E-state index in [1.165, 1.54) is 83.5 Å². The van der Waals surface area contributed by atoms with Crippen molar-refractivity contribution in [3.63, 3.8) is 0 Å². The average Bonchev–Trinajstić information content (AvgIpc) is 2.94. The molecule has 1 aromatic carbocycles. The molecule has 1 rings (SSSR count). The van der Waals surface area contributed by atoms with Gasteiger partial charge in [0.15, 0.2) is 0 Å². The number of benzene rings is 1. The standard InChI is InChI=1S/C30H52O8/c1-2-3-4-5-6-7-8-9-10-11-12-13-14-15-16-21-37-25-19-17-24(18-20-25)30(36)38-23-27(33)29(35)28(34)26(32)22-31/h17-20,26-29,31-35H,2-16,21-23H2,1H3/t26-,27+,28+,29+/m0/s1. The van der Waals surface area contributed by atoms with Gasteiger partial charge in [0.2, 0.25) is 0 Å². The number of hydrogen-bond donors (Lipinski definition) is 5. The van der Waals surface area contributed by atoms with E-state index in [9.17, 15) is 25.2 Å². The van der Waals surface area contributed by atoms with Gasteiger partial charge in [0.1, 0.15) is 36.8 Å². The second-order valence-electron chi connectivity index (χ2n) is 10.2. The maximum Gasteiger partial charge on any atom is 0.338 e. The van der Waals surface area contributed by atoms with Gasteiger partial charge in [0, 0.05) is 0 Å². The van der Waals surface area contributed by atoms with Crippen molar-refractivity contribution >= 4 is 5.97 Å². The first-order chi connectivity index (χ1) is 18.4. The number of aliphatic hydroxyl groups is 5. The molecule has 5 N–H and O–H groups in total. The van der Waals surface area contributed by atoms with E-state index < -0.39 is 43.6 Å². The van der Waals surface area contributed by atoms with E-state index in [0.29, 0.717) is 12.4 Å². The van der Waals surface area contributed by atoms with Crippen molar-refractivity contribution in [3.8, 4) is 5.75 Å². The molecule has 0 bridgehead atoms. The lowest BCUT2D eigenvalue weighted by Crippen LogP contribution is -2.47. The van der Waals surface area contributed by atoms with Gasteiger partial charge in [-0.2, -0.15) is 0 Å². The molecule has 0 saturated carbocycles. The molecule has 0 fully saturated rings. The zero-order valence-electron chi connectivity index (χ0n) is 23.3. The van der Waals surface area contributed by atoms with Crippen LogP contribution in [-0.2, 0) is 4.74 Å². The monoisotopic (exact) mass is 540 g/mol. The maximum absolute atomic E-state index is 12.2. The van der Waals surface area contributed by atoms with Crippen LogP contribution < -0.4 is 4.74 Å². The molecule has 8 nitrogen and oxygen atoms in total. The number of carbonyl (C=O) groups excluding carboxylic acids is 1. The fourth-order valence-corrected chi connectivity index (χ4v) is 4.26. The van der Waals surface area contributed by atoms with Crippen molar-refractivity contribution in [2.75, 3.05) is 19.8 Å². The third kappa shape index (κ3) is 15.6. The van der Waals surface area contributed by atoms with Crippen LogP contribution in [0.15, 0.2) is 24.3 Å². The average molecular weight is 541 g/mol. The Bertz CT molecular complexity index is 696. The van der Waals surface area contributed by atoms with Gasteiger partial charge in [-0.3, -0.25) is 0 Å². The van der Waals surface area contributed by atoms with Gasteiger partial charge in [0.25, 0.3) is 0 Å². The molecule has 0 aliphatic rings. The summed E-state index contributed by atoms with van der Waals surface area (Å²) in [5, 5.41) is 47.3. The predicted octanol–water partition coefficient (Wildman–Crippen LogP) is 4.53. The molecular formula is C30H52O8. The Labute approximate surface area is 229 Å². The van der Waals surface area contributed by atoms with Crippen LogP contribution in [0.25, 0.3) is 0 Å². The summed E-state index contributed by atoms with van der Waals surface area (Å²) in [5.41, 5.74) is 0.252. The summed E-state index contributed by atoms with van der Waals surface area (Å²) in [6.07, 6.45) is 13.0. The van der Waals surface area contributed by atoms with Gasteiger partial charge in [-0.15, -0.1) is 0 Å². The Hall–Kier alpha value is -1.71. The van der Waals surface area contributed by atoms with Crippen LogP contribution >= 0.6 is 0 Å². The normalized spacial score (nSPS) is 14.6. The predicted molar refractivity (Wildman–Crippen MR) is 148 cm³/mol. The van der Waals surface area contributed by atoms with E-state index in [1.54, 1.807) is 24.3 Å². The molecule has 0 saturated heterocycles. The summed E-state index contributed by atoms with van der Waals surface area (Å²) in [6.45, 7) is 1.52. The third-order valence-corrected chi connectivity index (χ3v) is 6.82. The van der Waals surface area contributed by atoms with Gasteiger partial charge >= 0.3 is 5.97 Å². The molecule has 220 valence electrons. The first-order valence-electron chi connectivity index (χ1n) is 14.6. The molecular weight excluding hydrogens is 488 g/mol. The lowest BCUT2D eigenvalue weighted by Gasteiger charge is -2.25. The number of esters is 1. The highest BCUT2D eigenvalue weighted by Crippen LogP contribution is 2.16. The van der Waals surface area contributed by atoms with E-state index in [2.05, 4.69) is 6.92 Å². The first kappa shape index (κ1) is 34.3. The van der Waals surface area contributed by atoms with Crippen LogP contribution in [0.3, 0.4) is 0 Å². The van der Waals surface area contributed by atoms with E-state index >= 15 is 0 Å².